The first kappa shape index (κ1) is 18.6. The summed E-state index contributed by atoms with van der Waals surface area (Å²) in [5.74, 6) is -0.689. The number of nitrogens with zero attached hydrogens (tertiary/aromatic N) is 1. The van der Waals surface area contributed by atoms with E-state index in [1.165, 1.54) is 4.90 Å². The van der Waals surface area contributed by atoms with Crippen molar-refractivity contribution in [2.24, 2.45) is 0 Å². The summed E-state index contributed by atoms with van der Waals surface area (Å²) in [5, 5.41) is 6.06. The highest BCUT2D eigenvalue weighted by atomic mass is 16.2. The lowest BCUT2D eigenvalue weighted by Gasteiger charge is -2.29. The lowest BCUT2D eigenvalue weighted by atomic mass is 9.94. The van der Waals surface area contributed by atoms with Gasteiger partial charge in [0.15, 0.2) is 0 Å². The van der Waals surface area contributed by atoms with E-state index in [0.717, 1.165) is 45.1 Å². The van der Waals surface area contributed by atoms with Crippen molar-refractivity contribution in [1.29, 1.82) is 0 Å². The normalized spacial score (nSPS) is 17.5. The molecule has 1 aliphatic carbocycles. The maximum atomic E-state index is 12.8. The van der Waals surface area contributed by atoms with Gasteiger partial charge in [0.05, 0.1) is 11.1 Å². The van der Waals surface area contributed by atoms with E-state index >= 15 is 0 Å². The first-order valence-corrected chi connectivity index (χ1v) is 9.64. The largest absolute Gasteiger partial charge is 0.351 e. The summed E-state index contributed by atoms with van der Waals surface area (Å²) < 4.78 is 0. The molecule has 1 saturated carbocycles. The summed E-state index contributed by atoms with van der Waals surface area (Å²) in [4.78, 5) is 39.1. The zero-order valence-corrected chi connectivity index (χ0v) is 15.3. The number of carbonyl (C=O) groups is 3. The molecule has 0 saturated heterocycles. The Kier molecular flexibility index (Phi) is 6.04. The van der Waals surface area contributed by atoms with Crippen LogP contribution in [0, 0.1) is 0 Å². The molecule has 3 rings (SSSR count). The second-order valence-corrected chi connectivity index (χ2v) is 7.04. The second-order valence-electron chi connectivity index (χ2n) is 7.04. The molecule has 3 amide bonds. The summed E-state index contributed by atoms with van der Waals surface area (Å²) in [6.07, 6.45) is 6.08. The smallest absolute Gasteiger partial charge is 0.261 e. The van der Waals surface area contributed by atoms with Crippen LogP contribution in [0.1, 0.15) is 76.5 Å². The molecule has 2 aliphatic rings. The predicted octanol–water partition coefficient (Wildman–Crippen LogP) is 2.34. The van der Waals surface area contributed by atoms with Gasteiger partial charge in [0, 0.05) is 24.7 Å². The van der Waals surface area contributed by atoms with E-state index in [0.29, 0.717) is 29.8 Å². The molecule has 2 N–H and O–H groups in total. The molecule has 1 fully saturated rings. The molecule has 1 heterocycles. The minimum absolute atomic E-state index is 0.00179. The predicted molar refractivity (Wildman–Crippen MR) is 99.3 cm³/mol. The Morgan fingerprint density at radius 1 is 1.04 bits per heavy atom. The van der Waals surface area contributed by atoms with Crippen LogP contribution in [0.3, 0.4) is 0 Å². The number of nitrogens with one attached hydrogen (secondary N) is 2. The molecule has 0 aromatic heterocycles. The Labute approximate surface area is 154 Å². The van der Waals surface area contributed by atoms with Crippen molar-refractivity contribution in [3.63, 3.8) is 0 Å². The number of fused-ring (bicyclic) bond motifs is 1. The van der Waals surface area contributed by atoms with Crippen LogP contribution in [0.25, 0.3) is 0 Å². The molecule has 6 heteroatoms. The van der Waals surface area contributed by atoms with E-state index in [-0.39, 0.29) is 23.8 Å². The summed E-state index contributed by atoms with van der Waals surface area (Å²) in [6.45, 7) is 4.24. The van der Waals surface area contributed by atoms with Gasteiger partial charge in [-0.25, -0.2) is 0 Å². The van der Waals surface area contributed by atoms with Crippen molar-refractivity contribution < 1.29 is 14.4 Å². The van der Waals surface area contributed by atoms with Crippen molar-refractivity contribution >= 4 is 17.7 Å². The van der Waals surface area contributed by atoms with Crippen molar-refractivity contribution in [1.82, 2.24) is 15.5 Å². The minimum Gasteiger partial charge on any atom is -0.351 e. The van der Waals surface area contributed by atoms with E-state index in [1.807, 2.05) is 0 Å². The van der Waals surface area contributed by atoms with Gasteiger partial charge in [-0.15, -0.1) is 0 Å². The van der Waals surface area contributed by atoms with Crippen molar-refractivity contribution in [3.05, 3.63) is 34.9 Å². The van der Waals surface area contributed by atoms with Crippen LogP contribution in [0.4, 0.5) is 0 Å². The Morgan fingerprint density at radius 2 is 1.77 bits per heavy atom. The molecule has 1 aromatic rings. The highest BCUT2D eigenvalue weighted by Gasteiger charge is 2.40. The molecular formula is C20H27N3O3. The third kappa shape index (κ3) is 3.80. The van der Waals surface area contributed by atoms with Gasteiger partial charge < -0.3 is 10.6 Å². The number of hydrogen-bond donors (Lipinski definition) is 2. The summed E-state index contributed by atoms with van der Waals surface area (Å²) in [5.41, 5.74) is 1.20. The number of benzene rings is 1. The maximum absolute atomic E-state index is 12.8. The van der Waals surface area contributed by atoms with Crippen molar-refractivity contribution in [2.75, 3.05) is 19.6 Å². The molecule has 0 spiro atoms. The highest BCUT2D eigenvalue weighted by Crippen LogP contribution is 2.31. The van der Waals surface area contributed by atoms with Crippen LogP contribution in [-0.4, -0.2) is 48.3 Å². The zero-order chi connectivity index (χ0) is 18.5. The van der Waals surface area contributed by atoms with Crippen molar-refractivity contribution in [2.45, 2.75) is 51.5 Å². The molecule has 140 valence electrons. The summed E-state index contributed by atoms with van der Waals surface area (Å²) in [7, 11) is 0. The third-order valence-corrected chi connectivity index (χ3v) is 5.13. The molecule has 6 nitrogen and oxygen atoms in total. The number of amides is 3. The van der Waals surface area contributed by atoms with E-state index in [4.69, 9.17) is 0 Å². The Morgan fingerprint density at radius 3 is 2.50 bits per heavy atom. The van der Waals surface area contributed by atoms with Crippen LogP contribution in [-0.2, 0) is 0 Å². The standard InChI is InChI=1S/C20H27N3O3/c1-2-10-21-11-12-22-18(24)14-8-9-16-17(13-14)20(26)23(19(16)25)15-6-4-3-5-7-15/h8-9,13,15,21H,2-7,10-12H2,1H3,(H,22,24). The number of imide groups is 1. The second kappa shape index (κ2) is 8.45. The fourth-order valence-electron chi connectivity index (χ4n) is 3.74. The van der Waals surface area contributed by atoms with Crippen LogP contribution in [0.15, 0.2) is 18.2 Å². The molecule has 0 bridgehead atoms. The van der Waals surface area contributed by atoms with Gasteiger partial charge in [-0.3, -0.25) is 19.3 Å². The lowest BCUT2D eigenvalue weighted by molar-refractivity contribution is 0.0549. The minimum atomic E-state index is -0.254. The van der Waals surface area contributed by atoms with Gasteiger partial charge in [0.25, 0.3) is 17.7 Å². The molecule has 1 aromatic carbocycles. The third-order valence-electron chi connectivity index (χ3n) is 5.13. The quantitative estimate of drug-likeness (QED) is 0.580. The molecule has 0 radical (unpaired) electrons. The fourth-order valence-corrected chi connectivity index (χ4v) is 3.74. The average molecular weight is 357 g/mol. The van der Waals surface area contributed by atoms with Gasteiger partial charge in [-0.2, -0.15) is 0 Å². The van der Waals surface area contributed by atoms with Crippen LogP contribution in [0.2, 0.25) is 0 Å². The molecular weight excluding hydrogens is 330 g/mol. The first-order valence-electron chi connectivity index (χ1n) is 9.64. The van der Waals surface area contributed by atoms with E-state index in [2.05, 4.69) is 17.6 Å². The van der Waals surface area contributed by atoms with E-state index in [9.17, 15) is 14.4 Å². The first-order chi connectivity index (χ1) is 12.6. The van der Waals surface area contributed by atoms with Gasteiger partial charge in [-0.1, -0.05) is 26.2 Å². The Hall–Kier alpha value is -2.21. The Balaban J connectivity index is 1.68. The van der Waals surface area contributed by atoms with Gasteiger partial charge in [0.2, 0.25) is 0 Å². The maximum Gasteiger partial charge on any atom is 0.261 e. The summed E-state index contributed by atoms with van der Waals surface area (Å²) >= 11 is 0. The van der Waals surface area contributed by atoms with Gasteiger partial charge in [-0.05, 0) is 44.0 Å². The number of hydrogen-bond acceptors (Lipinski definition) is 4. The van der Waals surface area contributed by atoms with Crippen molar-refractivity contribution in [3.8, 4) is 0 Å². The van der Waals surface area contributed by atoms with Gasteiger partial charge in [0.1, 0.15) is 0 Å². The highest BCUT2D eigenvalue weighted by molar-refractivity contribution is 6.22. The fraction of sp³-hybridized carbons (Fsp3) is 0.550. The van der Waals surface area contributed by atoms with E-state index in [1.54, 1.807) is 18.2 Å². The van der Waals surface area contributed by atoms with E-state index < -0.39 is 0 Å². The SMILES string of the molecule is CCCNCCNC(=O)c1ccc2c(c1)C(=O)N(C1CCCCC1)C2=O. The topological polar surface area (TPSA) is 78.5 Å². The Bertz CT molecular complexity index is 696. The molecule has 1 aliphatic heterocycles. The van der Waals surface area contributed by atoms with Crippen LogP contribution >= 0.6 is 0 Å². The number of rotatable bonds is 7. The molecule has 0 unspecified atom stereocenters. The number of carbonyl (C=O) groups excluding carboxylic acids is 3. The zero-order valence-electron chi connectivity index (χ0n) is 15.3. The monoisotopic (exact) mass is 357 g/mol. The molecule has 26 heavy (non-hydrogen) atoms. The lowest BCUT2D eigenvalue weighted by Crippen LogP contribution is -2.40. The molecule has 0 atom stereocenters. The summed E-state index contributed by atoms with van der Waals surface area (Å²) in [6, 6.07) is 4.80. The van der Waals surface area contributed by atoms with Crippen LogP contribution < -0.4 is 10.6 Å². The van der Waals surface area contributed by atoms with Gasteiger partial charge >= 0.3 is 0 Å². The van der Waals surface area contributed by atoms with Crippen LogP contribution in [0.5, 0.6) is 0 Å². The average Bonchev–Trinajstić information content (AvgIpc) is 2.92.